The van der Waals surface area contributed by atoms with E-state index in [1.807, 2.05) is 42.5 Å². The van der Waals surface area contributed by atoms with Gasteiger partial charge in [-0.1, -0.05) is 42.5 Å². The van der Waals surface area contributed by atoms with Crippen LogP contribution in [0.5, 0.6) is 0 Å². The summed E-state index contributed by atoms with van der Waals surface area (Å²) in [5.74, 6) is 0.0542. The summed E-state index contributed by atoms with van der Waals surface area (Å²) in [6.07, 6.45) is -0.385. The molecule has 18 heavy (non-hydrogen) atoms. The van der Waals surface area contributed by atoms with Gasteiger partial charge in [0.25, 0.3) is 0 Å². The van der Waals surface area contributed by atoms with Crippen LogP contribution in [0.15, 0.2) is 48.5 Å². The van der Waals surface area contributed by atoms with Crippen LogP contribution in [-0.2, 0) is 0 Å². The van der Waals surface area contributed by atoms with Crippen molar-refractivity contribution in [2.75, 3.05) is 0 Å². The summed E-state index contributed by atoms with van der Waals surface area (Å²) in [5.41, 5.74) is 3.11. The first-order valence-electron chi connectivity index (χ1n) is 6.12. The SMILES string of the molecule is O=C1CCC(F)c2cc(-c3ccccc3)ccc21. The maximum absolute atomic E-state index is 13.9. The summed E-state index contributed by atoms with van der Waals surface area (Å²) in [7, 11) is 0. The molecule has 1 atom stereocenters. The molecule has 0 saturated heterocycles. The van der Waals surface area contributed by atoms with Crippen LogP contribution in [0, 0.1) is 0 Å². The second kappa shape index (κ2) is 4.37. The Hall–Kier alpha value is -1.96. The fourth-order valence-electron chi connectivity index (χ4n) is 2.43. The minimum atomic E-state index is -1.01. The molecular formula is C16H13FO. The molecule has 0 N–H and O–H groups in total. The van der Waals surface area contributed by atoms with Crippen LogP contribution in [0.3, 0.4) is 0 Å². The van der Waals surface area contributed by atoms with Gasteiger partial charge in [0, 0.05) is 12.0 Å². The number of rotatable bonds is 1. The van der Waals surface area contributed by atoms with Gasteiger partial charge in [-0.2, -0.15) is 0 Å². The predicted octanol–water partition coefficient (Wildman–Crippen LogP) is 4.34. The predicted molar refractivity (Wildman–Crippen MR) is 69.3 cm³/mol. The number of hydrogen-bond donors (Lipinski definition) is 0. The van der Waals surface area contributed by atoms with Crippen molar-refractivity contribution in [1.82, 2.24) is 0 Å². The summed E-state index contributed by atoms with van der Waals surface area (Å²) in [4.78, 5) is 11.7. The summed E-state index contributed by atoms with van der Waals surface area (Å²) in [6, 6.07) is 15.3. The number of alkyl halides is 1. The highest BCUT2D eigenvalue weighted by atomic mass is 19.1. The number of benzene rings is 2. The van der Waals surface area contributed by atoms with Crippen molar-refractivity contribution in [2.24, 2.45) is 0 Å². The third-order valence-corrected chi connectivity index (χ3v) is 3.42. The fraction of sp³-hybridized carbons (Fsp3) is 0.188. The lowest BCUT2D eigenvalue weighted by atomic mass is 9.87. The van der Waals surface area contributed by atoms with E-state index in [4.69, 9.17) is 0 Å². The Kier molecular flexibility index (Phi) is 2.71. The summed E-state index contributed by atoms with van der Waals surface area (Å²) in [5, 5.41) is 0. The molecule has 1 aliphatic rings. The average molecular weight is 240 g/mol. The Bertz CT molecular complexity index is 589. The third-order valence-electron chi connectivity index (χ3n) is 3.42. The lowest BCUT2D eigenvalue weighted by molar-refractivity contribution is 0.0949. The van der Waals surface area contributed by atoms with Crippen LogP contribution in [0.2, 0.25) is 0 Å². The fourth-order valence-corrected chi connectivity index (χ4v) is 2.43. The smallest absolute Gasteiger partial charge is 0.163 e. The van der Waals surface area contributed by atoms with E-state index in [0.29, 0.717) is 24.0 Å². The first-order chi connectivity index (χ1) is 8.75. The van der Waals surface area contributed by atoms with Crippen molar-refractivity contribution in [3.8, 4) is 11.1 Å². The van der Waals surface area contributed by atoms with Gasteiger partial charge in [-0.15, -0.1) is 0 Å². The average Bonchev–Trinajstić information content (AvgIpc) is 2.44. The number of halogens is 1. The zero-order valence-corrected chi connectivity index (χ0v) is 9.90. The number of fused-ring (bicyclic) bond motifs is 1. The van der Waals surface area contributed by atoms with Crippen molar-refractivity contribution >= 4 is 5.78 Å². The van der Waals surface area contributed by atoms with E-state index in [9.17, 15) is 9.18 Å². The van der Waals surface area contributed by atoms with Crippen LogP contribution < -0.4 is 0 Å². The number of ketones is 1. The molecule has 1 aliphatic carbocycles. The number of carbonyl (C=O) groups excluding carboxylic acids is 1. The first kappa shape index (κ1) is 11.1. The van der Waals surface area contributed by atoms with E-state index in [-0.39, 0.29) is 5.78 Å². The molecule has 0 aromatic heterocycles. The molecule has 1 unspecified atom stereocenters. The highest BCUT2D eigenvalue weighted by molar-refractivity contribution is 5.99. The molecule has 2 aromatic rings. The monoisotopic (exact) mass is 240 g/mol. The third kappa shape index (κ3) is 1.84. The van der Waals surface area contributed by atoms with Gasteiger partial charge in [0.05, 0.1) is 0 Å². The molecule has 2 aromatic carbocycles. The zero-order chi connectivity index (χ0) is 12.5. The van der Waals surface area contributed by atoms with Crippen LogP contribution in [-0.4, -0.2) is 5.78 Å². The van der Waals surface area contributed by atoms with Gasteiger partial charge in [0.2, 0.25) is 0 Å². The number of hydrogen-bond acceptors (Lipinski definition) is 1. The quantitative estimate of drug-likeness (QED) is 0.724. The second-order valence-electron chi connectivity index (χ2n) is 4.60. The van der Waals surface area contributed by atoms with Crippen molar-refractivity contribution in [3.63, 3.8) is 0 Å². The standard InChI is InChI=1S/C16H13FO/c17-15-8-9-16(18)13-7-6-12(10-14(13)15)11-4-2-1-3-5-11/h1-7,10,15H,8-9H2. The molecule has 0 saturated carbocycles. The van der Waals surface area contributed by atoms with E-state index >= 15 is 0 Å². The molecule has 0 heterocycles. The van der Waals surface area contributed by atoms with Crippen molar-refractivity contribution in [2.45, 2.75) is 19.0 Å². The van der Waals surface area contributed by atoms with Gasteiger partial charge < -0.3 is 0 Å². The molecule has 3 rings (SSSR count). The number of carbonyl (C=O) groups is 1. The first-order valence-corrected chi connectivity index (χ1v) is 6.12. The second-order valence-corrected chi connectivity index (χ2v) is 4.60. The number of Topliss-reactive ketones (excluding diaryl/α,β-unsaturated/α-hetero) is 1. The van der Waals surface area contributed by atoms with Crippen LogP contribution in [0.1, 0.15) is 34.9 Å². The molecule has 0 fully saturated rings. The molecule has 0 radical (unpaired) electrons. The molecule has 0 aliphatic heterocycles. The Morgan fingerprint density at radius 2 is 1.78 bits per heavy atom. The topological polar surface area (TPSA) is 17.1 Å². The molecule has 0 amide bonds. The largest absolute Gasteiger partial charge is 0.294 e. The normalized spacial score (nSPS) is 18.5. The van der Waals surface area contributed by atoms with Crippen LogP contribution in [0.4, 0.5) is 4.39 Å². The van der Waals surface area contributed by atoms with Gasteiger partial charge in [-0.05, 0) is 29.2 Å². The van der Waals surface area contributed by atoms with Crippen LogP contribution in [0.25, 0.3) is 11.1 Å². The maximum Gasteiger partial charge on any atom is 0.163 e. The summed E-state index contributed by atoms with van der Waals surface area (Å²) >= 11 is 0. The van der Waals surface area contributed by atoms with Gasteiger partial charge in [-0.25, -0.2) is 4.39 Å². The van der Waals surface area contributed by atoms with E-state index in [1.54, 1.807) is 6.07 Å². The highest BCUT2D eigenvalue weighted by Crippen LogP contribution is 2.35. The lowest BCUT2D eigenvalue weighted by Gasteiger charge is -2.19. The Morgan fingerprint density at radius 3 is 2.56 bits per heavy atom. The summed E-state index contributed by atoms with van der Waals surface area (Å²) < 4.78 is 13.9. The van der Waals surface area contributed by atoms with Crippen molar-refractivity contribution in [3.05, 3.63) is 59.7 Å². The summed E-state index contributed by atoms with van der Waals surface area (Å²) in [6.45, 7) is 0. The molecular weight excluding hydrogens is 227 g/mol. The Morgan fingerprint density at radius 1 is 1.00 bits per heavy atom. The zero-order valence-electron chi connectivity index (χ0n) is 9.90. The molecule has 90 valence electrons. The van der Waals surface area contributed by atoms with E-state index in [1.165, 1.54) is 0 Å². The van der Waals surface area contributed by atoms with Gasteiger partial charge in [-0.3, -0.25) is 4.79 Å². The maximum atomic E-state index is 13.9. The Labute approximate surface area is 105 Å². The van der Waals surface area contributed by atoms with Crippen molar-refractivity contribution in [1.29, 1.82) is 0 Å². The minimum Gasteiger partial charge on any atom is -0.294 e. The Balaban J connectivity index is 2.11. The van der Waals surface area contributed by atoms with E-state index in [2.05, 4.69) is 0 Å². The van der Waals surface area contributed by atoms with Crippen molar-refractivity contribution < 1.29 is 9.18 Å². The van der Waals surface area contributed by atoms with E-state index < -0.39 is 6.17 Å². The minimum absolute atomic E-state index is 0.0542. The lowest BCUT2D eigenvalue weighted by Crippen LogP contribution is -2.13. The van der Waals surface area contributed by atoms with Crippen LogP contribution >= 0.6 is 0 Å². The highest BCUT2D eigenvalue weighted by Gasteiger charge is 2.25. The van der Waals surface area contributed by atoms with Gasteiger partial charge in [0.15, 0.2) is 5.78 Å². The molecule has 1 nitrogen and oxygen atoms in total. The van der Waals surface area contributed by atoms with E-state index in [0.717, 1.165) is 11.1 Å². The van der Waals surface area contributed by atoms with Gasteiger partial charge >= 0.3 is 0 Å². The van der Waals surface area contributed by atoms with Gasteiger partial charge in [0.1, 0.15) is 6.17 Å². The molecule has 0 bridgehead atoms. The molecule has 2 heteroatoms. The molecule has 0 spiro atoms.